The van der Waals surface area contributed by atoms with Crippen molar-refractivity contribution in [1.82, 2.24) is 9.97 Å². The van der Waals surface area contributed by atoms with E-state index in [1.807, 2.05) is 20.8 Å². The molecule has 42 heavy (non-hydrogen) atoms. The van der Waals surface area contributed by atoms with Crippen LogP contribution in [0.4, 0.5) is 35.2 Å². The van der Waals surface area contributed by atoms with Gasteiger partial charge in [-0.3, -0.25) is 4.79 Å². The van der Waals surface area contributed by atoms with Gasteiger partial charge in [0.1, 0.15) is 23.5 Å². The van der Waals surface area contributed by atoms with Crippen LogP contribution in [0.1, 0.15) is 44.7 Å². The summed E-state index contributed by atoms with van der Waals surface area (Å²) in [7, 11) is 0. The second-order valence-electron chi connectivity index (χ2n) is 10.6. The number of hydrogen-bond acceptors (Lipinski definition) is 8. The number of amides is 2. The molecule has 0 atom stereocenters. The van der Waals surface area contributed by atoms with E-state index in [-0.39, 0.29) is 22.9 Å². The summed E-state index contributed by atoms with van der Waals surface area (Å²) in [6, 6.07) is 11.4. The molecule has 0 bridgehead atoms. The smallest absolute Gasteiger partial charge is 0.416 e. The standard InChI is InChI=1S/C24H25F3N6O2.C5H10O2/c1-15-2-3-18(12-20(15)24(25,26)27)32-23(34)31-17-4-6-19(7-5-17)35-22-13-21(29-14-30-22)33-10-8-16(28)9-11-33;1-5(2,3)7-4-6/h2-7,12-14,16H,8-11,28H2,1H3,(H2,31,32,34);4H,1-3H3. The van der Waals surface area contributed by atoms with Crippen molar-refractivity contribution in [3.63, 3.8) is 0 Å². The summed E-state index contributed by atoms with van der Waals surface area (Å²) in [5.41, 5.74) is 5.40. The molecular weight excluding hydrogens is 553 g/mol. The van der Waals surface area contributed by atoms with Crippen molar-refractivity contribution in [3.05, 3.63) is 66.0 Å². The Morgan fingerprint density at radius 1 is 1.00 bits per heavy atom. The molecule has 3 aromatic rings. The fourth-order valence-electron chi connectivity index (χ4n) is 3.86. The van der Waals surface area contributed by atoms with E-state index >= 15 is 0 Å². The van der Waals surface area contributed by atoms with E-state index in [1.165, 1.54) is 25.4 Å². The van der Waals surface area contributed by atoms with Gasteiger partial charge in [-0.1, -0.05) is 6.07 Å². The first-order valence-electron chi connectivity index (χ1n) is 13.2. The van der Waals surface area contributed by atoms with E-state index in [0.29, 0.717) is 23.8 Å². The average molecular weight is 589 g/mol. The Balaban J connectivity index is 0.000000616. The summed E-state index contributed by atoms with van der Waals surface area (Å²) in [6.07, 6.45) is -1.26. The Kier molecular flexibility index (Phi) is 10.7. The highest BCUT2D eigenvalue weighted by molar-refractivity contribution is 5.99. The number of carbonyl (C=O) groups excluding carboxylic acids is 2. The van der Waals surface area contributed by atoms with Gasteiger partial charge in [-0.05, 0) is 82.5 Å². The molecule has 0 unspecified atom stereocenters. The van der Waals surface area contributed by atoms with Crippen LogP contribution in [0.15, 0.2) is 54.9 Å². The van der Waals surface area contributed by atoms with Crippen LogP contribution < -0.4 is 26.0 Å². The lowest BCUT2D eigenvalue weighted by molar-refractivity contribution is -0.139. The Bertz CT molecular complexity index is 1340. The van der Waals surface area contributed by atoms with E-state index in [4.69, 9.17) is 10.5 Å². The predicted molar refractivity (Wildman–Crippen MR) is 154 cm³/mol. The van der Waals surface area contributed by atoms with Crippen LogP contribution in [0.5, 0.6) is 11.6 Å². The SMILES string of the molecule is CC(C)(C)OC=O.Cc1ccc(NC(=O)Nc2ccc(Oc3cc(N4CCC(N)CC4)ncn3)cc2)cc1C(F)(F)F. The number of nitrogens with two attached hydrogens (primary N) is 1. The molecule has 10 nitrogen and oxygen atoms in total. The number of rotatable bonds is 6. The summed E-state index contributed by atoms with van der Waals surface area (Å²) in [4.78, 5) is 32.4. The van der Waals surface area contributed by atoms with Gasteiger partial charge in [0.25, 0.3) is 6.47 Å². The summed E-state index contributed by atoms with van der Waals surface area (Å²) < 4.78 is 49.6. The topological polar surface area (TPSA) is 132 Å². The zero-order valence-corrected chi connectivity index (χ0v) is 23.9. The number of nitrogens with one attached hydrogen (secondary N) is 2. The third-order valence-corrected chi connectivity index (χ3v) is 6.03. The fraction of sp³-hybridized carbons (Fsp3) is 0.379. The Morgan fingerprint density at radius 3 is 2.19 bits per heavy atom. The lowest BCUT2D eigenvalue weighted by Gasteiger charge is -2.30. The molecule has 1 aliphatic rings. The summed E-state index contributed by atoms with van der Waals surface area (Å²) in [5.74, 6) is 1.64. The van der Waals surface area contributed by atoms with Crippen LogP contribution in [0.3, 0.4) is 0 Å². The van der Waals surface area contributed by atoms with Crippen LogP contribution in [0, 0.1) is 6.92 Å². The van der Waals surface area contributed by atoms with Gasteiger partial charge in [-0.25, -0.2) is 14.8 Å². The number of nitrogens with zero attached hydrogens (tertiary/aromatic N) is 3. The van der Waals surface area contributed by atoms with E-state index in [9.17, 15) is 22.8 Å². The molecule has 2 aromatic carbocycles. The van der Waals surface area contributed by atoms with Gasteiger partial charge in [0.05, 0.1) is 5.56 Å². The summed E-state index contributed by atoms with van der Waals surface area (Å²) >= 11 is 0. The third-order valence-electron chi connectivity index (χ3n) is 6.03. The number of benzene rings is 2. The Labute approximate surface area is 242 Å². The molecule has 0 aliphatic carbocycles. The first-order valence-corrected chi connectivity index (χ1v) is 13.2. The molecule has 2 amide bonds. The van der Waals surface area contributed by atoms with Gasteiger partial charge in [-0.2, -0.15) is 13.2 Å². The normalized spacial score (nSPS) is 13.9. The number of alkyl halides is 3. The molecule has 4 rings (SSSR count). The monoisotopic (exact) mass is 588 g/mol. The number of anilines is 3. The number of piperidine rings is 1. The number of ether oxygens (including phenoxy) is 2. The maximum Gasteiger partial charge on any atom is 0.416 e. The average Bonchev–Trinajstić information content (AvgIpc) is 2.90. The van der Waals surface area contributed by atoms with Crippen LogP contribution in [0.25, 0.3) is 0 Å². The third kappa shape index (κ3) is 10.2. The van der Waals surface area contributed by atoms with E-state index in [1.54, 1.807) is 30.3 Å². The van der Waals surface area contributed by atoms with Crippen molar-refractivity contribution in [2.24, 2.45) is 5.73 Å². The van der Waals surface area contributed by atoms with Crippen molar-refractivity contribution in [3.8, 4) is 11.6 Å². The molecule has 0 saturated carbocycles. The quantitative estimate of drug-likeness (QED) is 0.293. The van der Waals surface area contributed by atoms with Crippen molar-refractivity contribution in [2.45, 2.75) is 58.4 Å². The molecule has 1 aliphatic heterocycles. The minimum absolute atomic E-state index is 0.0376. The minimum atomic E-state index is -4.50. The molecule has 226 valence electrons. The molecule has 1 aromatic heterocycles. The van der Waals surface area contributed by atoms with Crippen LogP contribution in [0.2, 0.25) is 0 Å². The Morgan fingerprint density at radius 2 is 1.62 bits per heavy atom. The van der Waals surface area contributed by atoms with Crippen LogP contribution in [-0.4, -0.2) is 47.2 Å². The summed E-state index contributed by atoms with van der Waals surface area (Å²) in [5, 5.41) is 4.99. The van der Waals surface area contributed by atoms with Gasteiger partial charge in [0.2, 0.25) is 5.88 Å². The van der Waals surface area contributed by atoms with Crippen molar-refractivity contribution >= 4 is 29.7 Å². The molecular formula is C29H35F3N6O4. The first-order chi connectivity index (χ1) is 19.7. The lowest BCUT2D eigenvalue weighted by atomic mass is 10.1. The zero-order valence-electron chi connectivity index (χ0n) is 23.9. The predicted octanol–water partition coefficient (Wildman–Crippen LogP) is 6.13. The molecule has 13 heteroatoms. The number of halogens is 3. The van der Waals surface area contributed by atoms with Crippen LogP contribution >= 0.6 is 0 Å². The van der Waals surface area contributed by atoms with Crippen molar-refractivity contribution < 1.29 is 32.2 Å². The minimum Gasteiger partial charge on any atom is -0.462 e. The first kappa shape index (κ1) is 32.1. The zero-order chi connectivity index (χ0) is 30.9. The van der Waals surface area contributed by atoms with Gasteiger partial charge < -0.3 is 30.7 Å². The molecule has 2 heterocycles. The second-order valence-corrected chi connectivity index (χ2v) is 10.6. The molecule has 0 radical (unpaired) electrons. The van der Waals surface area contributed by atoms with E-state index in [0.717, 1.165) is 37.8 Å². The molecule has 1 fully saturated rings. The van der Waals surface area contributed by atoms with Crippen molar-refractivity contribution in [2.75, 3.05) is 28.6 Å². The molecule has 0 spiro atoms. The largest absolute Gasteiger partial charge is 0.462 e. The molecule has 1 saturated heterocycles. The second kappa shape index (κ2) is 14.0. The maximum absolute atomic E-state index is 13.1. The number of hydrogen-bond donors (Lipinski definition) is 3. The van der Waals surface area contributed by atoms with E-state index in [2.05, 4.69) is 30.2 Å². The maximum atomic E-state index is 13.1. The van der Waals surface area contributed by atoms with E-state index < -0.39 is 17.8 Å². The number of aryl methyl sites for hydroxylation is 1. The highest BCUT2D eigenvalue weighted by atomic mass is 19.4. The molecule has 4 N–H and O–H groups in total. The van der Waals surface area contributed by atoms with Gasteiger partial charge >= 0.3 is 12.2 Å². The number of urea groups is 1. The highest BCUT2D eigenvalue weighted by Gasteiger charge is 2.32. The number of aromatic nitrogens is 2. The van der Waals surface area contributed by atoms with Gasteiger partial charge in [0, 0.05) is 36.6 Å². The lowest BCUT2D eigenvalue weighted by Crippen LogP contribution is -2.40. The number of carbonyl (C=O) groups is 2. The van der Waals surface area contributed by atoms with Crippen LogP contribution in [-0.2, 0) is 15.7 Å². The van der Waals surface area contributed by atoms with Gasteiger partial charge in [-0.15, -0.1) is 0 Å². The highest BCUT2D eigenvalue weighted by Crippen LogP contribution is 2.33. The van der Waals surface area contributed by atoms with Crippen molar-refractivity contribution in [1.29, 1.82) is 0 Å². The summed E-state index contributed by atoms with van der Waals surface area (Å²) in [6.45, 7) is 8.92. The Hall–Kier alpha value is -4.39. The van der Waals surface area contributed by atoms with Gasteiger partial charge in [0.15, 0.2) is 0 Å². The fourth-order valence-corrected chi connectivity index (χ4v) is 3.86.